The quantitative estimate of drug-likeness (QED) is 0.524. The summed E-state index contributed by atoms with van der Waals surface area (Å²) in [7, 11) is 1.93. The van der Waals surface area contributed by atoms with E-state index in [-0.39, 0.29) is 12.1 Å². The van der Waals surface area contributed by atoms with Gasteiger partial charge in [0.25, 0.3) is 0 Å². The van der Waals surface area contributed by atoms with Gasteiger partial charge in [0.1, 0.15) is 5.82 Å². The van der Waals surface area contributed by atoms with E-state index in [1.54, 1.807) is 6.20 Å². The van der Waals surface area contributed by atoms with Crippen LogP contribution in [0.4, 0.5) is 0 Å². The van der Waals surface area contributed by atoms with Crippen LogP contribution in [0, 0.1) is 0 Å². The molecule has 0 aromatic carbocycles. The first-order chi connectivity index (χ1) is 10.7. The van der Waals surface area contributed by atoms with Crippen LogP contribution in [0.15, 0.2) is 24.5 Å². The SMILES string of the molecule is Cn1ccnc1C(O)(C1CC=CC[N-]1)C1CCCC[N-]1.[CH3][Hg+]. The average Bonchev–Trinajstić information content (AvgIpc) is 3.04. The van der Waals surface area contributed by atoms with Crippen molar-refractivity contribution < 1.29 is 31.2 Å². The number of hydrogen-bond donors (Lipinski definition) is 1. The topological polar surface area (TPSA) is 66.2 Å². The van der Waals surface area contributed by atoms with Gasteiger partial charge in [-0.05, 0) is 6.42 Å². The molecule has 1 aromatic heterocycles. The normalized spacial score (nSPS) is 27.7. The zero-order chi connectivity index (χ0) is 16.0. The second-order valence-corrected chi connectivity index (χ2v) is 5.69. The van der Waals surface area contributed by atoms with Crippen LogP contribution in [0.25, 0.3) is 10.6 Å². The minimum atomic E-state index is -1.08. The van der Waals surface area contributed by atoms with Crippen LogP contribution in [0.3, 0.4) is 0 Å². The third-order valence-electron chi connectivity index (χ3n) is 4.39. The molecule has 3 heterocycles. The number of piperidine rings is 1. The number of hydrogen-bond acceptors (Lipinski definition) is 2. The molecule has 0 spiro atoms. The third kappa shape index (κ3) is 3.63. The number of aromatic nitrogens is 2. The third-order valence-corrected chi connectivity index (χ3v) is 4.39. The summed E-state index contributed by atoms with van der Waals surface area (Å²) in [5.74, 6) is 0.692. The van der Waals surface area contributed by atoms with E-state index in [1.807, 2.05) is 23.9 Å². The van der Waals surface area contributed by atoms with Gasteiger partial charge in [0.2, 0.25) is 0 Å². The molecular formula is C16H25HgN4O-. The fourth-order valence-electron chi connectivity index (χ4n) is 3.30. The first-order valence-electron chi connectivity index (χ1n) is 8.12. The number of aryl methyl sites for hydroxylation is 1. The molecular weight excluding hydrogens is 465 g/mol. The van der Waals surface area contributed by atoms with Crippen molar-refractivity contribution in [1.82, 2.24) is 9.55 Å². The van der Waals surface area contributed by atoms with E-state index in [4.69, 9.17) is 0 Å². The number of imidazole rings is 1. The first kappa shape index (κ1) is 18.1. The van der Waals surface area contributed by atoms with Crippen LogP contribution >= 0.6 is 0 Å². The molecule has 2 aliphatic rings. The molecule has 0 aliphatic carbocycles. The molecule has 3 atom stereocenters. The van der Waals surface area contributed by atoms with Crippen LogP contribution in [0.1, 0.15) is 31.5 Å². The van der Waals surface area contributed by atoms with E-state index in [1.165, 1.54) is 0 Å². The van der Waals surface area contributed by atoms with Gasteiger partial charge in [0, 0.05) is 19.4 Å². The van der Waals surface area contributed by atoms with Gasteiger partial charge < -0.3 is 20.3 Å². The van der Waals surface area contributed by atoms with E-state index < -0.39 is 5.60 Å². The predicted molar refractivity (Wildman–Crippen MR) is 84.6 cm³/mol. The molecule has 22 heavy (non-hydrogen) atoms. The Labute approximate surface area is 149 Å². The van der Waals surface area contributed by atoms with E-state index in [0.717, 1.165) is 58.3 Å². The molecule has 6 heteroatoms. The summed E-state index contributed by atoms with van der Waals surface area (Å²) in [6, 6.07) is -0.252. The molecule has 118 valence electrons. The van der Waals surface area contributed by atoms with Crippen molar-refractivity contribution >= 4 is 0 Å². The molecule has 3 rings (SSSR count). The number of aliphatic hydroxyl groups is 1. The molecule has 0 saturated carbocycles. The van der Waals surface area contributed by atoms with Gasteiger partial charge in [0.15, 0.2) is 0 Å². The fraction of sp³-hybridized carbons (Fsp3) is 0.688. The maximum atomic E-state index is 11.5. The van der Waals surface area contributed by atoms with E-state index in [2.05, 4.69) is 26.1 Å². The van der Waals surface area contributed by atoms with Gasteiger partial charge in [0.05, 0.1) is 5.60 Å². The second kappa shape index (κ2) is 8.57. The molecule has 0 amide bonds. The van der Waals surface area contributed by atoms with E-state index >= 15 is 0 Å². The Morgan fingerprint density at radius 2 is 2.09 bits per heavy atom. The van der Waals surface area contributed by atoms with Crippen molar-refractivity contribution in [1.29, 1.82) is 0 Å². The molecule has 0 radical (unpaired) electrons. The van der Waals surface area contributed by atoms with Crippen LogP contribution < -0.4 is 0 Å². The number of nitrogens with zero attached hydrogens (tertiary/aromatic N) is 4. The predicted octanol–water partition coefficient (Wildman–Crippen LogP) is 2.82. The molecule has 1 saturated heterocycles. The van der Waals surface area contributed by atoms with Crippen LogP contribution in [-0.4, -0.2) is 39.8 Å². The van der Waals surface area contributed by atoms with Crippen LogP contribution in [0.2, 0.25) is 4.43 Å². The Bertz CT molecular complexity index is 484. The Hall–Kier alpha value is -0.235. The number of rotatable bonds is 3. The Morgan fingerprint density at radius 1 is 1.27 bits per heavy atom. The minimum absolute atomic E-state index is 0.0994. The van der Waals surface area contributed by atoms with Crippen molar-refractivity contribution in [3.8, 4) is 0 Å². The maximum absolute atomic E-state index is 11.5. The van der Waals surface area contributed by atoms with Crippen LogP contribution in [-0.2, 0) is 38.8 Å². The van der Waals surface area contributed by atoms with Crippen molar-refractivity contribution in [3.63, 3.8) is 0 Å². The Morgan fingerprint density at radius 3 is 2.64 bits per heavy atom. The van der Waals surface area contributed by atoms with Crippen molar-refractivity contribution in [3.05, 3.63) is 41.0 Å². The van der Waals surface area contributed by atoms with Gasteiger partial charge in [-0.25, -0.2) is 4.98 Å². The summed E-state index contributed by atoms with van der Waals surface area (Å²) in [4.78, 5) is 4.41. The average molecular weight is 490 g/mol. The van der Waals surface area contributed by atoms with Crippen molar-refractivity contribution in [2.75, 3.05) is 13.1 Å². The molecule has 0 bridgehead atoms. The summed E-state index contributed by atoms with van der Waals surface area (Å²) >= 11 is 1.03. The zero-order valence-electron chi connectivity index (χ0n) is 13.6. The summed E-state index contributed by atoms with van der Waals surface area (Å²) in [5.41, 5.74) is -1.08. The van der Waals surface area contributed by atoms with Crippen molar-refractivity contribution in [2.45, 2.75) is 47.8 Å². The summed E-state index contributed by atoms with van der Waals surface area (Å²) in [5, 5.41) is 20.8. The summed E-state index contributed by atoms with van der Waals surface area (Å²) in [6.07, 6.45) is 11.7. The second-order valence-electron chi connectivity index (χ2n) is 5.69. The molecule has 1 fully saturated rings. The molecule has 5 nitrogen and oxygen atoms in total. The van der Waals surface area contributed by atoms with Gasteiger partial charge in [-0.2, -0.15) is 0 Å². The molecule has 2 aliphatic heterocycles. The van der Waals surface area contributed by atoms with Gasteiger partial charge in [-0.3, -0.25) is 0 Å². The monoisotopic (exact) mass is 491 g/mol. The summed E-state index contributed by atoms with van der Waals surface area (Å²) < 4.78 is 4.10. The summed E-state index contributed by atoms with van der Waals surface area (Å²) in [6.45, 7) is 1.50. The Kier molecular flexibility index (Phi) is 7.05. The fourth-order valence-corrected chi connectivity index (χ4v) is 3.30. The molecule has 1 aromatic rings. The van der Waals surface area contributed by atoms with Gasteiger partial charge in [-0.1, -0.05) is 31.4 Å². The van der Waals surface area contributed by atoms with Crippen molar-refractivity contribution in [2.24, 2.45) is 7.05 Å². The molecule has 3 unspecified atom stereocenters. The van der Waals surface area contributed by atoms with E-state index in [9.17, 15) is 5.11 Å². The van der Waals surface area contributed by atoms with Gasteiger partial charge in [-0.15, -0.1) is 25.2 Å². The zero-order valence-corrected chi connectivity index (χ0v) is 19.1. The van der Waals surface area contributed by atoms with Crippen LogP contribution in [0.5, 0.6) is 0 Å². The first-order valence-corrected chi connectivity index (χ1v) is 13.6. The molecule has 1 N–H and O–H groups in total. The van der Waals surface area contributed by atoms with E-state index in [0.29, 0.717) is 12.4 Å². The Balaban J connectivity index is 0.000000847. The van der Waals surface area contributed by atoms with Gasteiger partial charge >= 0.3 is 30.6 Å². The standard InChI is InChI=1S/C15H22N4O.CH3.Hg/c1-19-11-10-18-14(19)15(20,12-6-2-4-8-16-12)13-7-3-5-9-17-13;;/h2,4,10-13,20H,3,5-9H2,1H3;1H3;/q-2;;+1.